The van der Waals surface area contributed by atoms with Gasteiger partial charge in [-0.15, -0.1) is 0 Å². The fourth-order valence-electron chi connectivity index (χ4n) is 10.4. The van der Waals surface area contributed by atoms with Crippen LogP contribution < -0.4 is 53.0 Å². The van der Waals surface area contributed by atoms with Gasteiger partial charge in [0.15, 0.2) is 0 Å². The van der Waals surface area contributed by atoms with Crippen molar-refractivity contribution in [3.05, 3.63) is 137 Å². The zero-order valence-electron chi connectivity index (χ0n) is 55.1. The summed E-state index contributed by atoms with van der Waals surface area (Å²) >= 11 is 0. The van der Waals surface area contributed by atoms with E-state index in [2.05, 4.69) is 68.3 Å². The highest BCUT2D eigenvalue weighted by Crippen LogP contribution is 2.23. The Morgan fingerprint density at radius 1 is 0.551 bits per heavy atom. The maximum atomic E-state index is 14.6. The van der Waals surface area contributed by atoms with Gasteiger partial charge in [0.1, 0.15) is 42.1 Å². The van der Waals surface area contributed by atoms with E-state index in [0.717, 1.165) is 29.7 Å². The minimum absolute atomic E-state index is 0.00969. The fraction of sp³-hybridized carbons (Fsp3) is 0.441. The fourth-order valence-corrected chi connectivity index (χ4v) is 11.6. The third-order valence-corrected chi connectivity index (χ3v) is 17.2. The molecule has 530 valence electrons. The average Bonchev–Trinajstić information content (AvgIpc) is 1.55. The number of para-hydroxylation sites is 1. The number of unbranched alkanes of at least 4 members (excludes halogenated alkanes) is 3. The zero-order chi connectivity index (χ0) is 72.1. The first-order valence-corrected chi connectivity index (χ1v) is 33.7. The molecule has 15 N–H and O–H groups in total. The highest BCUT2D eigenvalue weighted by molar-refractivity contribution is 7.89. The van der Waals surface area contributed by atoms with Crippen LogP contribution in [-0.4, -0.2) is 156 Å². The lowest BCUT2D eigenvalue weighted by Gasteiger charge is -2.26. The van der Waals surface area contributed by atoms with E-state index in [1.807, 2.05) is 23.8 Å². The molecule has 4 aromatic carbocycles. The van der Waals surface area contributed by atoms with Crippen LogP contribution in [0.25, 0.3) is 10.9 Å². The number of primary amides is 1. The van der Waals surface area contributed by atoms with E-state index in [1.54, 1.807) is 42.6 Å². The number of aromatic amines is 1. The zero-order valence-corrected chi connectivity index (χ0v) is 56.0. The third-order valence-electron chi connectivity index (χ3n) is 15.7. The number of halogens is 1. The van der Waals surface area contributed by atoms with Crippen LogP contribution in [0.2, 0.25) is 0 Å². The number of hydrogen-bond acceptors (Lipinski definition) is 14. The molecule has 0 saturated heterocycles. The molecule has 6 atom stereocenters. The number of nitrogens with two attached hydrogens (primary N) is 1. The number of aromatic nitrogens is 1. The molecule has 0 radical (unpaired) electrons. The van der Waals surface area contributed by atoms with Crippen LogP contribution in [0, 0.1) is 5.82 Å². The van der Waals surface area contributed by atoms with Gasteiger partial charge in [0.05, 0.1) is 17.9 Å². The molecule has 0 unspecified atom stereocenters. The van der Waals surface area contributed by atoms with Crippen molar-refractivity contribution in [3.8, 4) is 0 Å². The Morgan fingerprint density at radius 2 is 1.13 bits per heavy atom. The normalized spacial score (nSPS) is 13.2. The van der Waals surface area contributed by atoms with Gasteiger partial charge in [0, 0.05) is 67.9 Å². The topological polar surface area (TPSA) is 450 Å². The molecule has 1 aromatic heterocycles. The van der Waals surface area contributed by atoms with Crippen molar-refractivity contribution >= 4 is 92.0 Å². The summed E-state index contributed by atoms with van der Waals surface area (Å²) in [4.78, 5) is 160. The number of rotatable bonds is 42. The second-order valence-corrected chi connectivity index (χ2v) is 26.4. The minimum Gasteiger partial charge on any atom is -0.481 e. The Morgan fingerprint density at radius 3 is 1.73 bits per heavy atom. The minimum atomic E-state index is -4.56. The van der Waals surface area contributed by atoms with Gasteiger partial charge < -0.3 is 68.6 Å². The monoisotopic (exact) mass is 1380 g/mol. The number of hydrogen-bond donors (Lipinski definition) is 14. The van der Waals surface area contributed by atoms with Crippen LogP contribution >= 0.6 is 0 Å². The molecule has 9 amide bonds. The van der Waals surface area contributed by atoms with Gasteiger partial charge in [-0.3, -0.25) is 57.5 Å². The summed E-state index contributed by atoms with van der Waals surface area (Å²) in [5.74, 6) is -12.9. The van der Waals surface area contributed by atoms with Crippen molar-refractivity contribution in [3.63, 3.8) is 0 Å². The summed E-state index contributed by atoms with van der Waals surface area (Å²) in [7, 11) is -4.56. The summed E-state index contributed by atoms with van der Waals surface area (Å²) in [5, 5.41) is 49.6. The number of nitrogens with one attached hydrogen (secondary N) is 10. The number of aliphatic carboxylic acids is 3. The van der Waals surface area contributed by atoms with Gasteiger partial charge in [-0.2, -0.15) is 4.72 Å². The number of sulfonamides is 1. The maximum absolute atomic E-state index is 14.6. The standard InChI is InChI=1S/C68H88FN11O17S/c1-5-14-41-21-27-47(28-22-41)98(96,97)80-55(38-60(87)88)67(95)78-52(30-32-59(85)86)64(92)74-40-57(82)76-53(36-42-15-13-16-46(69)35-42)65(93)79-54(37-44-39-73-49-18-9-8-17-48(44)49)66(94)77-51(29-31-58(83)84)63(91)72-33-11-6-7-20-56(81)75-50(61(70)89)19-10-12-34-71-62(90)43-23-25-45(26-24-43)68(2,3)4/h8-9,13,15-18,21-28,35,39,50-55,73,80H,5-7,10-12,14,19-20,29-34,36-38,40H2,1-4H3,(H2,70,89)(H,71,90)(H,72,91)(H,74,92)(H,75,81)(H,76,82)(H,77,94)(H,78,95)(H,79,93)(H,83,84)(H,85,86)(H,87,88)/t50-,51-,52-,53-,54-,55+/m0/s1. The summed E-state index contributed by atoms with van der Waals surface area (Å²) in [5.41, 5.74) is 9.23. The largest absolute Gasteiger partial charge is 0.481 e. The summed E-state index contributed by atoms with van der Waals surface area (Å²) in [6.45, 7) is 7.52. The van der Waals surface area contributed by atoms with E-state index >= 15 is 0 Å². The predicted molar refractivity (Wildman–Crippen MR) is 357 cm³/mol. The Bertz CT molecular complexity index is 3730. The molecule has 5 rings (SSSR count). The van der Waals surface area contributed by atoms with E-state index in [9.17, 15) is 85.7 Å². The van der Waals surface area contributed by atoms with Gasteiger partial charge >= 0.3 is 17.9 Å². The number of benzene rings is 4. The third kappa shape index (κ3) is 26.8. The molecular formula is C68H88FN11O17S. The quantitative estimate of drug-likeness (QED) is 0.0249. The van der Waals surface area contributed by atoms with Crippen molar-refractivity contribution in [1.29, 1.82) is 0 Å². The van der Waals surface area contributed by atoms with Crippen molar-refractivity contribution in [2.45, 2.75) is 177 Å². The molecule has 98 heavy (non-hydrogen) atoms. The average molecular weight is 1380 g/mol. The van der Waals surface area contributed by atoms with E-state index in [-0.39, 0.29) is 47.6 Å². The number of fused-ring (bicyclic) bond motifs is 1. The Labute approximate surface area is 566 Å². The molecule has 0 fully saturated rings. The molecule has 0 spiro atoms. The predicted octanol–water partition coefficient (Wildman–Crippen LogP) is 3.20. The Hall–Kier alpha value is -10.1. The second kappa shape index (κ2) is 38.6. The summed E-state index contributed by atoms with van der Waals surface area (Å²) in [6, 6.07) is 15.3. The van der Waals surface area contributed by atoms with Gasteiger partial charge in [0.2, 0.25) is 57.3 Å². The number of carboxylic acids is 3. The first-order valence-electron chi connectivity index (χ1n) is 32.2. The van der Waals surface area contributed by atoms with Crippen LogP contribution in [0.3, 0.4) is 0 Å². The van der Waals surface area contributed by atoms with Crippen LogP contribution in [0.1, 0.15) is 144 Å². The second-order valence-electron chi connectivity index (χ2n) is 24.7. The van der Waals surface area contributed by atoms with Crippen LogP contribution in [-0.2, 0) is 87.4 Å². The summed E-state index contributed by atoms with van der Waals surface area (Å²) in [6.07, 6.45) is 1.05. The van der Waals surface area contributed by atoms with E-state index in [1.165, 1.54) is 36.4 Å². The van der Waals surface area contributed by atoms with E-state index < -0.39 is 162 Å². The molecule has 0 aliphatic rings. The van der Waals surface area contributed by atoms with Gasteiger partial charge in [-0.25, -0.2) is 12.8 Å². The van der Waals surface area contributed by atoms with Gasteiger partial charge in [-0.05, 0) is 121 Å². The number of carbonyl (C=O) groups is 12. The molecule has 0 saturated carbocycles. The lowest BCUT2D eigenvalue weighted by Crippen LogP contribution is -2.58. The lowest BCUT2D eigenvalue weighted by molar-refractivity contribution is -0.140. The molecule has 0 bridgehead atoms. The number of carbonyl (C=O) groups excluding carboxylic acids is 9. The van der Waals surface area contributed by atoms with Crippen molar-refractivity contribution in [2.75, 3.05) is 19.6 Å². The van der Waals surface area contributed by atoms with Gasteiger partial charge in [-0.1, -0.05) is 95.1 Å². The van der Waals surface area contributed by atoms with Crippen LogP contribution in [0.5, 0.6) is 0 Å². The summed E-state index contributed by atoms with van der Waals surface area (Å²) < 4.78 is 43.4. The van der Waals surface area contributed by atoms with Crippen molar-refractivity contribution in [1.82, 2.24) is 52.2 Å². The first-order chi connectivity index (χ1) is 46.4. The van der Waals surface area contributed by atoms with Crippen LogP contribution in [0.15, 0.2) is 108 Å². The smallest absolute Gasteiger partial charge is 0.305 e. The molecule has 1 heterocycles. The van der Waals surface area contributed by atoms with E-state index in [0.29, 0.717) is 67.1 Å². The SMILES string of the molecule is CCCc1ccc(S(=O)(=O)N[C@H](CC(=O)O)C(=O)N[C@@H](CCC(=O)O)C(=O)NCC(=O)N[C@@H](Cc2cccc(F)c2)C(=O)N[C@@H](Cc2c[nH]c3ccccc23)C(=O)N[C@@H](CCC(=O)O)C(=O)NCCCCCC(=O)N[C@@H](CCCCNC(=O)c2ccc(C(C)(C)C)cc2)C(N)=O)cc1. The van der Waals surface area contributed by atoms with Crippen LogP contribution in [0.4, 0.5) is 4.39 Å². The van der Waals surface area contributed by atoms with Gasteiger partial charge in [0.25, 0.3) is 5.91 Å². The molecular weight excluding hydrogens is 1290 g/mol. The lowest BCUT2D eigenvalue weighted by atomic mass is 9.87. The Balaban J connectivity index is 1.23. The van der Waals surface area contributed by atoms with Crippen molar-refractivity contribution < 1.29 is 85.7 Å². The maximum Gasteiger partial charge on any atom is 0.305 e. The molecule has 0 aliphatic carbocycles. The number of aryl methyl sites for hydroxylation is 1. The highest BCUT2D eigenvalue weighted by atomic mass is 32.2. The van der Waals surface area contributed by atoms with E-state index in [4.69, 9.17) is 5.73 Å². The molecule has 5 aromatic rings. The molecule has 30 heteroatoms. The Kier molecular flexibility index (Phi) is 31.0. The first kappa shape index (κ1) is 78.6. The molecule has 0 aliphatic heterocycles. The highest BCUT2D eigenvalue weighted by Gasteiger charge is 2.34. The number of carboxylic acid groups (broad SMARTS) is 3. The number of amides is 9. The molecule has 28 nitrogen and oxygen atoms in total. The number of H-pyrrole nitrogens is 1. The van der Waals surface area contributed by atoms with Crippen molar-refractivity contribution in [2.24, 2.45) is 5.73 Å².